The van der Waals surface area contributed by atoms with Gasteiger partial charge in [-0.25, -0.2) is 4.98 Å². The fourth-order valence-corrected chi connectivity index (χ4v) is 6.70. The Morgan fingerprint density at radius 2 is 1.78 bits per heavy atom. The second-order valence-corrected chi connectivity index (χ2v) is 13.5. The first-order valence-electron chi connectivity index (χ1n) is 17.0. The fourth-order valence-electron chi connectivity index (χ4n) is 6.70. The number of hydrogen-bond donors (Lipinski definition) is 5. The number of carbonyl (C=O) groups excluding carboxylic acids is 3. The van der Waals surface area contributed by atoms with Crippen LogP contribution in [0, 0.1) is 5.92 Å². The van der Waals surface area contributed by atoms with Crippen molar-refractivity contribution < 1.29 is 14.4 Å². The number of pyridine rings is 1. The molecule has 3 aliphatic rings. The summed E-state index contributed by atoms with van der Waals surface area (Å²) >= 11 is 0. The molecule has 262 valence electrons. The molecule has 16 heteroatoms. The summed E-state index contributed by atoms with van der Waals surface area (Å²) in [7, 11) is 20.0. The Morgan fingerprint density at radius 3 is 2.43 bits per heavy atom. The van der Waals surface area contributed by atoms with Gasteiger partial charge in [0.2, 0.25) is 5.91 Å². The fraction of sp³-hybridized carbons (Fsp3) is 0.400. The predicted molar refractivity (Wildman–Crippen MR) is 197 cm³/mol. The lowest BCUT2D eigenvalue weighted by Crippen LogP contribution is -2.60. The van der Waals surface area contributed by atoms with Gasteiger partial charge in [0.05, 0.1) is 56.7 Å². The van der Waals surface area contributed by atoms with Crippen molar-refractivity contribution in [2.45, 2.75) is 43.6 Å². The van der Waals surface area contributed by atoms with E-state index in [0.717, 1.165) is 41.8 Å². The number of para-hydroxylation sites is 1. The van der Waals surface area contributed by atoms with Gasteiger partial charge >= 0.3 is 0 Å². The number of likely N-dealkylation sites (tertiary alicyclic amines) is 1. The SMILES string of the molecule is [B]C([B])(c1cccc(C(=O)NC)n1)N1CC(n2ncc3c2[C@H](CC)N(C)c2c(NC(/C=C(\N)NC(=O)C4CC4)=C(/N)C(=O)N(C)C)cccc2-3)C1. The van der Waals surface area contributed by atoms with Gasteiger partial charge < -0.3 is 42.1 Å². The van der Waals surface area contributed by atoms with E-state index in [-0.39, 0.29) is 52.7 Å². The molecule has 3 amide bonds. The van der Waals surface area contributed by atoms with Crippen LogP contribution in [0.3, 0.4) is 0 Å². The number of amides is 3. The molecule has 0 spiro atoms. The zero-order chi connectivity index (χ0) is 36.8. The minimum Gasteiger partial charge on any atom is -0.393 e. The highest BCUT2D eigenvalue weighted by molar-refractivity contribution is 6.39. The van der Waals surface area contributed by atoms with Crippen LogP contribution in [0.5, 0.6) is 0 Å². The highest BCUT2D eigenvalue weighted by Gasteiger charge is 2.43. The van der Waals surface area contributed by atoms with Crippen LogP contribution in [-0.4, -0.2) is 99.3 Å². The largest absolute Gasteiger partial charge is 0.393 e. The van der Waals surface area contributed by atoms with Gasteiger partial charge in [0.25, 0.3) is 11.8 Å². The molecular weight excluding hydrogens is 644 g/mol. The quantitative estimate of drug-likeness (QED) is 0.112. The van der Waals surface area contributed by atoms with Crippen LogP contribution < -0.4 is 32.3 Å². The maximum absolute atomic E-state index is 13.0. The molecule has 2 aliphatic heterocycles. The van der Waals surface area contributed by atoms with E-state index in [1.165, 1.54) is 11.0 Å². The number of rotatable bonds is 11. The van der Waals surface area contributed by atoms with E-state index in [4.69, 9.17) is 32.3 Å². The topological polar surface area (TPSA) is 180 Å². The summed E-state index contributed by atoms with van der Waals surface area (Å²) < 4.78 is 2.06. The Hall–Kier alpha value is -5.24. The van der Waals surface area contributed by atoms with E-state index in [9.17, 15) is 14.4 Å². The zero-order valence-electron chi connectivity index (χ0n) is 29.6. The Kier molecular flexibility index (Phi) is 9.64. The second-order valence-electron chi connectivity index (χ2n) is 13.5. The lowest BCUT2D eigenvalue weighted by Gasteiger charge is -2.50. The lowest BCUT2D eigenvalue weighted by atomic mass is 9.57. The summed E-state index contributed by atoms with van der Waals surface area (Å²) in [5.41, 5.74) is 18.1. The lowest BCUT2D eigenvalue weighted by molar-refractivity contribution is -0.124. The number of aromatic nitrogens is 3. The molecule has 1 aliphatic carbocycles. The van der Waals surface area contributed by atoms with Crippen LogP contribution in [0.1, 0.15) is 60.1 Å². The number of hydrogen-bond acceptors (Lipinski definition) is 10. The van der Waals surface area contributed by atoms with E-state index in [1.54, 1.807) is 39.3 Å². The van der Waals surface area contributed by atoms with Crippen LogP contribution in [0.15, 0.2) is 65.9 Å². The number of allylic oxidation sites excluding steroid dienone is 1. The molecule has 1 saturated carbocycles. The Labute approximate surface area is 300 Å². The number of fused-ring (bicyclic) bond motifs is 3. The molecule has 4 heterocycles. The highest BCUT2D eigenvalue weighted by atomic mass is 16.2. The van der Waals surface area contributed by atoms with Crippen LogP contribution in [0.4, 0.5) is 11.4 Å². The average molecular weight is 687 g/mol. The predicted octanol–water partition coefficient (Wildman–Crippen LogP) is 1.21. The molecule has 7 N–H and O–H groups in total. The summed E-state index contributed by atoms with van der Waals surface area (Å²) in [5, 5.41) is 12.2. The third kappa shape index (κ3) is 6.67. The third-order valence-electron chi connectivity index (χ3n) is 9.74. The van der Waals surface area contributed by atoms with Gasteiger partial charge in [-0.05, 0) is 42.8 Å². The summed E-state index contributed by atoms with van der Waals surface area (Å²) in [6.45, 7) is 3.18. The molecule has 2 aromatic heterocycles. The summed E-state index contributed by atoms with van der Waals surface area (Å²) in [4.78, 5) is 47.6. The van der Waals surface area contributed by atoms with Gasteiger partial charge in [-0.1, -0.05) is 25.1 Å². The molecule has 3 aromatic rings. The minimum absolute atomic E-state index is 0.00185. The van der Waals surface area contributed by atoms with Crippen molar-refractivity contribution in [1.29, 1.82) is 0 Å². The number of anilines is 2. The molecule has 0 unspecified atom stereocenters. The molecule has 2 fully saturated rings. The van der Waals surface area contributed by atoms with Crippen molar-refractivity contribution >= 4 is 44.8 Å². The first-order valence-corrected chi connectivity index (χ1v) is 17.0. The molecule has 51 heavy (non-hydrogen) atoms. The highest BCUT2D eigenvalue weighted by Crippen LogP contribution is 2.50. The Morgan fingerprint density at radius 1 is 1.08 bits per heavy atom. The van der Waals surface area contributed by atoms with Crippen molar-refractivity contribution in [2.24, 2.45) is 17.4 Å². The molecular formula is C35H43B2N11O3. The Bertz CT molecular complexity index is 1930. The average Bonchev–Trinajstić information content (AvgIpc) is 3.86. The van der Waals surface area contributed by atoms with E-state index in [1.807, 2.05) is 36.3 Å². The number of likely N-dealkylation sites (N-methyl/N-ethyl adjacent to an activating group) is 1. The van der Waals surface area contributed by atoms with Crippen LogP contribution in [0.2, 0.25) is 0 Å². The van der Waals surface area contributed by atoms with E-state index < -0.39 is 11.2 Å². The normalized spacial score (nSPS) is 18.2. The smallest absolute Gasteiger partial charge is 0.271 e. The first-order chi connectivity index (χ1) is 24.3. The van der Waals surface area contributed by atoms with Crippen LogP contribution in [-0.2, 0) is 14.9 Å². The van der Waals surface area contributed by atoms with E-state index in [0.29, 0.717) is 24.5 Å². The summed E-state index contributed by atoms with van der Waals surface area (Å²) in [6.07, 6.45) is 5.80. The maximum atomic E-state index is 13.0. The van der Waals surface area contributed by atoms with Crippen LogP contribution in [0.25, 0.3) is 11.1 Å². The van der Waals surface area contributed by atoms with Crippen molar-refractivity contribution in [3.05, 3.63) is 83.0 Å². The molecule has 0 bridgehead atoms. The molecule has 1 atom stereocenters. The molecule has 6 rings (SSSR count). The van der Waals surface area contributed by atoms with Gasteiger partial charge in [0, 0.05) is 70.1 Å². The summed E-state index contributed by atoms with van der Waals surface area (Å²) in [5.74, 6) is -0.846. The third-order valence-corrected chi connectivity index (χ3v) is 9.74. The molecule has 4 radical (unpaired) electrons. The standard InChI is InChI=1S/C35H43B2N11O3/c1-6-26-31-22(16-41-48(31)20-17-47(18-20)35(36,37)27-12-8-11-24(43-27)33(50)40-2)21-9-7-10-23(30(21)46(26)5)42-25(29(39)34(51)45(3)4)15-28(38)44-32(49)19-13-14-19/h7-12,15-16,19-20,26,42H,6,13-14,17-18,38-39H2,1-5H3,(H,40,50)(H,44,49)/b28-15+,29-25+/t26-/m0/s1. The van der Waals surface area contributed by atoms with Crippen molar-refractivity contribution in [3.63, 3.8) is 0 Å². The van der Waals surface area contributed by atoms with Gasteiger partial charge in [-0.15, -0.1) is 0 Å². The second kappa shape index (κ2) is 13.8. The van der Waals surface area contributed by atoms with Crippen molar-refractivity contribution in [2.75, 3.05) is 51.5 Å². The van der Waals surface area contributed by atoms with Gasteiger partial charge in [-0.2, -0.15) is 5.10 Å². The Balaban J connectivity index is 1.30. The van der Waals surface area contributed by atoms with Gasteiger partial charge in [0.1, 0.15) is 17.2 Å². The van der Waals surface area contributed by atoms with E-state index in [2.05, 4.69) is 37.4 Å². The first kappa shape index (κ1) is 35.6. The zero-order valence-corrected chi connectivity index (χ0v) is 29.6. The van der Waals surface area contributed by atoms with Crippen molar-refractivity contribution in [1.82, 2.24) is 35.2 Å². The number of benzene rings is 1. The number of nitrogens with zero attached hydrogens (tertiary/aromatic N) is 6. The molecule has 14 nitrogen and oxygen atoms in total. The number of nitrogens with one attached hydrogen (secondary N) is 3. The van der Waals surface area contributed by atoms with E-state index >= 15 is 0 Å². The number of nitrogens with two attached hydrogens (primary N) is 2. The molecule has 1 aromatic carbocycles. The minimum atomic E-state index is -1.39. The maximum Gasteiger partial charge on any atom is 0.271 e. The monoisotopic (exact) mass is 687 g/mol. The number of carbonyl (C=O) groups is 3. The summed E-state index contributed by atoms with van der Waals surface area (Å²) in [6, 6.07) is 10.9. The van der Waals surface area contributed by atoms with Gasteiger partial charge in [0.15, 0.2) is 0 Å². The van der Waals surface area contributed by atoms with Gasteiger partial charge in [-0.3, -0.25) is 19.1 Å². The molecule has 1 saturated heterocycles. The van der Waals surface area contributed by atoms with Crippen molar-refractivity contribution in [3.8, 4) is 11.1 Å². The van der Waals surface area contributed by atoms with Crippen LogP contribution >= 0.6 is 0 Å².